The van der Waals surface area contributed by atoms with E-state index in [0.29, 0.717) is 0 Å². The van der Waals surface area contributed by atoms with Gasteiger partial charge in [-0.3, -0.25) is 0 Å². The number of thioether (sulfide) groups is 6. The third kappa shape index (κ3) is 31.6. The summed E-state index contributed by atoms with van der Waals surface area (Å²) >= 11 is 9.47. The van der Waals surface area contributed by atoms with Crippen LogP contribution >= 0.6 is 70.6 Å². The van der Waals surface area contributed by atoms with Gasteiger partial charge >= 0.3 is 304 Å². The molecule has 0 radical (unpaired) electrons. The second-order valence-corrected chi connectivity index (χ2v) is 21.0. The van der Waals surface area contributed by atoms with Gasteiger partial charge in [0.15, 0.2) is 0 Å². The zero-order chi connectivity index (χ0) is 31.6. The van der Waals surface area contributed by atoms with Crippen molar-refractivity contribution < 1.29 is 10.6 Å². The SMILES string of the molecule is CCCCSCC(CSCCCC)[O][Ga]([O]C(CSCCCC)CSCCCC)[O]C(CSCCCC)CSCCCC. The van der Waals surface area contributed by atoms with Crippen molar-refractivity contribution in [3.8, 4) is 0 Å². The molecule has 0 bridgehead atoms. The van der Waals surface area contributed by atoms with Gasteiger partial charge in [-0.25, -0.2) is 0 Å². The maximum atomic E-state index is 7.05. The predicted octanol–water partition coefficient (Wildman–Crippen LogP) is 11.3. The summed E-state index contributed by atoms with van der Waals surface area (Å²) < 4.78 is 21.1. The summed E-state index contributed by atoms with van der Waals surface area (Å²) in [6, 6.07) is 0. The topological polar surface area (TPSA) is 27.7 Å². The first-order chi connectivity index (χ1) is 21.1. The minimum atomic E-state index is -2.95. The number of rotatable bonds is 36. The number of unbranched alkanes of at least 4 members (excludes halogenated alkanes) is 6. The molecule has 0 aromatic heterocycles. The Morgan fingerprint density at radius 1 is 0.349 bits per heavy atom. The van der Waals surface area contributed by atoms with E-state index in [1.54, 1.807) is 0 Å². The van der Waals surface area contributed by atoms with Crippen LogP contribution in [0.3, 0.4) is 0 Å². The molecule has 0 aromatic rings. The zero-order valence-corrected chi connectivity index (χ0v) is 36.3. The third-order valence-corrected chi connectivity index (χ3v) is 17.5. The molecule has 0 amide bonds. The van der Waals surface area contributed by atoms with E-state index < -0.39 is 17.3 Å². The summed E-state index contributed by atoms with van der Waals surface area (Å²) in [4.78, 5) is 0. The van der Waals surface area contributed by atoms with E-state index in [-0.39, 0.29) is 18.3 Å². The second kappa shape index (κ2) is 37.4. The van der Waals surface area contributed by atoms with Crippen LogP contribution in [0.5, 0.6) is 0 Å². The van der Waals surface area contributed by atoms with Crippen LogP contribution in [0.1, 0.15) is 119 Å². The molecule has 0 aliphatic carbocycles. The fraction of sp³-hybridized carbons (Fsp3) is 1.00. The second-order valence-electron chi connectivity index (χ2n) is 11.1. The van der Waals surface area contributed by atoms with Gasteiger partial charge in [0.1, 0.15) is 0 Å². The normalized spacial score (nSPS) is 11.9. The summed E-state index contributed by atoms with van der Waals surface area (Å²) in [6.07, 6.45) is 16.0. The van der Waals surface area contributed by atoms with Crippen molar-refractivity contribution in [2.45, 2.75) is 137 Å². The molecule has 43 heavy (non-hydrogen) atoms. The Kier molecular flexibility index (Phi) is 39.7. The fourth-order valence-electron chi connectivity index (χ4n) is 3.71. The van der Waals surface area contributed by atoms with Gasteiger partial charge in [-0.05, 0) is 0 Å². The maximum absolute atomic E-state index is 7.05. The van der Waals surface area contributed by atoms with E-state index in [2.05, 4.69) is 112 Å². The van der Waals surface area contributed by atoms with Crippen molar-refractivity contribution in [1.82, 2.24) is 0 Å². The van der Waals surface area contributed by atoms with E-state index in [0.717, 1.165) is 34.5 Å². The molecule has 0 aliphatic rings. The fourth-order valence-corrected chi connectivity index (χ4v) is 16.2. The van der Waals surface area contributed by atoms with E-state index >= 15 is 0 Å². The Hall–Kier alpha value is 2.62. The van der Waals surface area contributed by atoms with Gasteiger partial charge in [-0.15, -0.1) is 0 Å². The molecule has 10 heteroatoms. The van der Waals surface area contributed by atoms with Gasteiger partial charge in [-0.1, -0.05) is 0 Å². The molecule has 0 unspecified atom stereocenters. The van der Waals surface area contributed by atoms with Crippen molar-refractivity contribution in [3.05, 3.63) is 0 Å². The standard InChI is InChI=1S/3C11H23OS2.Ga/c3*1-3-5-7-13-9-11(12)10-14-8-6-4-2;/h3*11H,3-10H2,1-2H3;/q3*-1;+3. The Balaban J connectivity index is 5.72. The average Bonchev–Trinajstić information content (AvgIpc) is 3.01. The number of hydrogen-bond donors (Lipinski definition) is 0. The molecule has 258 valence electrons. The molecule has 0 saturated heterocycles. The van der Waals surface area contributed by atoms with E-state index in [4.69, 9.17) is 10.6 Å². The minimum absolute atomic E-state index is 0.232. The zero-order valence-electron chi connectivity index (χ0n) is 29.0. The molecule has 0 atom stereocenters. The van der Waals surface area contributed by atoms with Crippen molar-refractivity contribution in [2.24, 2.45) is 0 Å². The van der Waals surface area contributed by atoms with Crippen LogP contribution in [0.2, 0.25) is 0 Å². The quantitative estimate of drug-likeness (QED) is 0.0456. The molecule has 0 aromatic carbocycles. The van der Waals surface area contributed by atoms with Gasteiger partial charge in [0.05, 0.1) is 0 Å². The molecule has 0 heterocycles. The summed E-state index contributed by atoms with van der Waals surface area (Å²) in [5.74, 6) is 13.8. The van der Waals surface area contributed by atoms with Gasteiger partial charge in [-0.2, -0.15) is 0 Å². The summed E-state index contributed by atoms with van der Waals surface area (Å²) in [5.41, 5.74) is 0. The van der Waals surface area contributed by atoms with Crippen LogP contribution in [0.4, 0.5) is 0 Å². The Bertz CT molecular complexity index is 434. The van der Waals surface area contributed by atoms with E-state index in [1.165, 1.54) is 112 Å². The molecule has 0 saturated carbocycles. The molecule has 0 spiro atoms. The van der Waals surface area contributed by atoms with Crippen molar-refractivity contribution in [1.29, 1.82) is 0 Å². The van der Waals surface area contributed by atoms with Crippen molar-refractivity contribution in [3.63, 3.8) is 0 Å². The Morgan fingerprint density at radius 3 is 0.698 bits per heavy atom. The van der Waals surface area contributed by atoms with E-state index in [1.807, 2.05) is 0 Å². The first kappa shape index (κ1) is 45.6. The molecule has 0 fully saturated rings. The summed E-state index contributed by atoms with van der Waals surface area (Å²) in [6.45, 7) is 13.7. The van der Waals surface area contributed by atoms with Crippen LogP contribution in [0.15, 0.2) is 0 Å². The molecule has 0 N–H and O–H groups in total. The summed E-state index contributed by atoms with van der Waals surface area (Å²) in [7, 11) is 0. The van der Waals surface area contributed by atoms with Gasteiger partial charge < -0.3 is 0 Å². The Labute approximate surface area is 302 Å². The van der Waals surface area contributed by atoms with E-state index in [9.17, 15) is 0 Å². The number of hydrogen-bond acceptors (Lipinski definition) is 9. The third-order valence-electron chi connectivity index (χ3n) is 6.59. The first-order valence-electron chi connectivity index (χ1n) is 17.6. The Morgan fingerprint density at radius 2 is 0.535 bits per heavy atom. The van der Waals surface area contributed by atoms with Gasteiger partial charge in [0, 0.05) is 0 Å². The van der Waals surface area contributed by atoms with Crippen molar-refractivity contribution >= 4 is 87.9 Å². The predicted molar refractivity (Wildman–Crippen MR) is 214 cm³/mol. The van der Waals surface area contributed by atoms with Crippen molar-refractivity contribution in [2.75, 3.05) is 69.0 Å². The van der Waals surface area contributed by atoms with Gasteiger partial charge in [0.2, 0.25) is 0 Å². The van der Waals surface area contributed by atoms with Crippen LogP contribution in [-0.2, 0) is 10.6 Å². The first-order valence-corrected chi connectivity index (χ1v) is 27.5. The molecule has 0 aliphatic heterocycles. The van der Waals surface area contributed by atoms with Crippen LogP contribution in [-0.4, -0.2) is 105 Å². The molecular weight excluding hydrogens is 706 g/mol. The monoisotopic (exact) mass is 774 g/mol. The van der Waals surface area contributed by atoms with Crippen LogP contribution < -0.4 is 0 Å². The average molecular weight is 776 g/mol. The van der Waals surface area contributed by atoms with Crippen LogP contribution in [0.25, 0.3) is 0 Å². The molecular formula is C33H69GaO3S6. The van der Waals surface area contributed by atoms with Crippen LogP contribution in [0, 0.1) is 0 Å². The molecule has 0 rings (SSSR count). The molecule has 3 nitrogen and oxygen atoms in total. The van der Waals surface area contributed by atoms with Gasteiger partial charge in [0.25, 0.3) is 0 Å². The summed E-state index contributed by atoms with van der Waals surface area (Å²) in [5, 5.41) is 0.